The van der Waals surface area contributed by atoms with Crippen molar-refractivity contribution in [1.29, 1.82) is 0 Å². The van der Waals surface area contributed by atoms with Gasteiger partial charge in [-0.2, -0.15) is 0 Å². The molecule has 0 aromatic rings. The van der Waals surface area contributed by atoms with Gasteiger partial charge in [-0.05, 0) is 33.6 Å². The Morgan fingerprint density at radius 2 is 1.23 bits per heavy atom. The van der Waals surface area contributed by atoms with Crippen molar-refractivity contribution in [2.75, 3.05) is 59.5 Å². The van der Waals surface area contributed by atoms with Crippen LogP contribution in [0.15, 0.2) is 0 Å². The molecule has 2 aliphatic heterocycles. The zero-order chi connectivity index (χ0) is 19.1. The van der Waals surface area contributed by atoms with E-state index < -0.39 is 8.80 Å². The molecule has 2 saturated heterocycles. The topological polar surface area (TPSA) is 71.2 Å². The molecule has 0 aliphatic carbocycles. The molecule has 8 heteroatoms. The Hall–Kier alpha value is -0.0631. The van der Waals surface area contributed by atoms with Gasteiger partial charge in [0.1, 0.15) is 12.2 Å². The van der Waals surface area contributed by atoms with E-state index in [1.54, 1.807) is 0 Å². The Labute approximate surface area is 159 Å². The first-order chi connectivity index (χ1) is 12.7. The lowest BCUT2D eigenvalue weighted by Crippen LogP contribution is -2.46. The fraction of sp³-hybridized carbons (Fsp3) is 1.00. The second-order valence-corrected chi connectivity index (χ2v) is 8.88. The van der Waals surface area contributed by atoms with E-state index in [9.17, 15) is 0 Å². The summed E-state index contributed by atoms with van der Waals surface area (Å²) in [6.45, 7) is 14.7. The Balaban J connectivity index is 0.000000350. The highest BCUT2D eigenvalue weighted by atomic mass is 28.4. The van der Waals surface area contributed by atoms with Crippen molar-refractivity contribution in [3.05, 3.63) is 0 Å². The van der Waals surface area contributed by atoms with Crippen LogP contribution in [0.4, 0.5) is 0 Å². The van der Waals surface area contributed by atoms with Crippen molar-refractivity contribution >= 4 is 8.80 Å². The number of hydrogen-bond acceptors (Lipinski definition) is 7. The highest BCUT2D eigenvalue weighted by Gasteiger charge is 2.39. The summed E-state index contributed by atoms with van der Waals surface area (Å²) in [6.07, 6.45) is 2.77. The Morgan fingerprint density at radius 1 is 0.769 bits per heavy atom. The van der Waals surface area contributed by atoms with Gasteiger partial charge in [0.25, 0.3) is 0 Å². The molecule has 0 N–H and O–H groups in total. The summed E-state index contributed by atoms with van der Waals surface area (Å²) in [5.74, 6) is 0. The molecule has 0 spiro atoms. The first-order valence-corrected chi connectivity index (χ1v) is 11.9. The van der Waals surface area contributed by atoms with Crippen LogP contribution in [0.2, 0.25) is 6.04 Å². The summed E-state index contributed by atoms with van der Waals surface area (Å²) in [6, 6.07) is 0.814. The molecule has 26 heavy (non-hydrogen) atoms. The van der Waals surface area contributed by atoms with Gasteiger partial charge in [0.2, 0.25) is 0 Å². The number of rotatable bonds is 16. The summed E-state index contributed by atoms with van der Waals surface area (Å²) in [4.78, 5) is 0. The van der Waals surface area contributed by atoms with Crippen molar-refractivity contribution < 1.29 is 32.2 Å². The minimum absolute atomic E-state index is 0.331. The maximum atomic E-state index is 5.76. The lowest BCUT2D eigenvalue weighted by Gasteiger charge is -2.28. The molecule has 0 saturated carbocycles. The van der Waals surface area contributed by atoms with Crippen LogP contribution >= 0.6 is 0 Å². The average Bonchev–Trinajstić information content (AvgIpc) is 3.51. The smallest absolute Gasteiger partial charge is 0.379 e. The van der Waals surface area contributed by atoms with Crippen molar-refractivity contribution in [3.8, 4) is 0 Å². The molecular weight excluding hydrogens is 356 g/mol. The van der Waals surface area contributed by atoms with E-state index in [-0.39, 0.29) is 0 Å². The zero-order valence-corrected chi connectivity index (χ0v) is 18.0. The molecule has 2 atom stereocenters. The van der Waals surface area contributed by atoms with Crippen LogP contribution < -0.4 is 0 Å². The maximum absolute atomic E-state index is 5.76. The van der Waals surface area contributed by atoms with E-state index in [4.69, 9.17) is 32.2 Å². The zero-order valence-electron chi connectivity index (χ0n) is 17.0. The van der Waals surface area contributed by atoms with Crippen LogP contribution in [0.25, 0.3) is 0 Å². The quantitative estimate of drug-likeness (QED) is 0.226. The third-order valence-electron chi connectivity index (χ3n) is 3.63. The molecule has 2 aliphatic rings. The molecule has 0 bridgehead atoms. The summed E-state index contributed by atoms with van der Waals surface area (Å²) < 4.78 is 38.0. The summed E-state index contributed by atoms with van der Waals surface area (Å²) in [5.41, 5.74) is 0. The van der Waals surface area contributed by atoms with Crippen LogP contribution in [0.5, 0.6) is 0 Å². The highest BCUT2D eigenvalue weighted by Crippen LogP contribution is 2.18. The minimum atomic E-state index is -2.47. The van der Waals surface area contributed by atoms with Crippen LogP contribution in [-0.2, 0) is 32.2 Å². The Kier molecular flexibility index (Phi) is 13.8. The van der Waals surface area contributed by atoms with Gasteiger partial charge in [-0.3, -0.25) is 0 Å². The lowest BCUT2D eigenvalue weighted by molar-refractivity contribution is 0.0648. The van der Waals surface area contributed by atoms with E-state index in [0.717, 1.165) is 45.3 Å². The molecule has 2 fully saturated rings. The van der Waals surface area contributed by atoms with Gasteiger partial charge in [0.05, 0.1) is 26.4 Å². The van der Waals surface area contributed by atoms with Gasteiger partial charge >= 0.3 is 8.80 Å². The largest absolute Gasteiger partial charge is 0.501 e. The molecule has 0 aromatic carbocycles. The normalized spacial score (nSPS) is 21.2. The molecule has 0 amide bonds. The SMILES string of the molecule is CCCOCC1CO1.CCO[Si](CCCOCC1CO1)(OCC)OCC. The monoisotopic (exact) mass is 394 g/mol. The molecule has 2 rings (SSSR count). The number of ether oxygens (including phenoxy) is 4. The second-order valence-electron chi connectivity index (χ2n) is 6.15. The van der Waals surface area contributed by atoms with Gasteiger partial charge in [0, 0.05) is 39.1 Å². The minimum Gasteiger partial charge on any atom is -0.379 e. The first kappa shape index (κ1) is 24.0. The molecule has 2 heterocycles. The van der Waals surface area contributed by atoms with E-state index in [1.165, 1.54) is 0 Å². The fourth-order valence-electron chi connectivity index (χ4n) is 2.29. The van der Waals surface area contributed by atoms with E-state index in [2.05, 4.69) is 6.92 Å². The standard InChI is InChI=1S/C12H26O5Si.C6H12O2/c1-4-15-18(16-5-2,17-6-3)9-7-8-13-10-12-11-14-12;1-2-3-7-4-6-5-8-6/h12H,4-11H2,1-3H3;6H,2-5H2,1H3. The number of epoxide rings is 2. The third kappa shape index (κ3) is 12.3. The van der Waals surface area contributed by atoms with Gasteiger partial charge in [-0.15, -0.1) is 0 Å². The average molecular weight is 395 g/mol. The Morgan fingerprint density at radius 3 is 1.62 bits per heavy atom. The molecule has 0 aromatic heterocycles. The van der Waals surface area contributed by atoms with Crippen molar-refractivity contribution in [2.24, 2.45) is 0 Å². The van der Waals surface area contributed by atoms with Crippen molar-refractivity contribution in [3.63, 3.8) is 0 Å². The predicted octanol–water partition coefficient (Wildman–Crippen LogP) is 2.65. The van der Waals surface area contributed by atoms with Crippen molar-refractivity contribution in [2.45, 2.75) is 58.8 Å². The van der Waals surface area contributed by atoms with Gasteiger partial charge in [0.15, 0.2) is 0 Å². The van der Waals surface area contributed by atoms with Crippen LogP contribution in [0.1, 0.15) is 40.5 Å². The fourth-order valence-corrected chi connectivity index (χ4v) is 4.87. The van der Waals surface area contributed by atoms with Gasteiger partial charge < -0.3 is 32.2 Å². The molecule has 2 unspecified atom stereocenters. The van der Waals surface area contributed by atoms with Gasteiger partial charge in [-0.25, -0.2) is 0 Å². The highest BCUT2D eigenvalue weighted by molar-refractivity contribution is 6.60. The summed E-state index contributed by atoms with van der Waals surface area (Å²) in [7, 11) is -2.47. The van der Waals surface area contributed by atoms with Gasteiger partial charge in [-0.1, -0.05) is 6.92 Å². The van der Waals surface area contributed by atoms with Crippen LogP contribution in [0.3, 0.4) is 0 Å². The lowest BCUT2D eigenvalue weighted by atomic mass is 10.5. The summed E-state index contributed by atoms with van der Waals surface area (Å²) >= 11 is 0. The van der Waals surface area contributed by atoms with E-state index in [1.807, 2.05) is 20.8 Å². The first-order valence-electron chi connectivity index (χ1n) is 10.00. The Bertz CT molecular complexity index is 308. The third-order valence-corrected chi connectivity index (χ3v) is 6.78. The molecule has 156 valence electrons. The second kappa shape index (κ2) is 14.9. The van der Waals surface area contributed by atoms with Crippen molar-refractivity contribution in [1.82, 2.24) is 0 Å². The maximum Gasteiger partial charge on any atom is 0.501 e. The summed E-state index contributed by atoms with van der Waals surface area (Å²) in [5, 5.41) is 0. The van der Waals surface area contributed by atoms with E-state index >= 15 is 0 Å². The van der Waals surface area contributed by atoms with E-state index in [0.29, 0.717) is 45.2 Å². The molecule has 0 radical (unpaired) electrons. The van der Waals surface area contributed by atoms with Crippen LogP contribution in [0, 0.1) is 0 Å². The van der Waals surface area contributed by atoms with Crippen LogP contribution in [-0.4, -0.2) is 80.5 Å². The predicted molar refractivity (Wildman–Crippen MR) is 101 cm³/mol. The molecular formula is C18H38O7Si. The number of hydrogen-bond donors (Lipinski definition) is 0. The molecule has 7 nitrogen and oxygen atoms in total.